The Kier molecular flexibility index (Phi) is 7.14. The number of aryl methyl sites for hydroxylation is 1. The minimum Gasteiger partial charge on any atom is -0.481 e. The molecule has 0 fully saturated rings. The molecule has 7 nitrogen and oxygen atoms in total. The second-order valence-corrected chi connectivity index (χ2v) is 9.04. The van der Waals surface area contributed by atoms with Crippen LogP contribution in [0.15, 0.2) is 88.7 Å². The van der Waals surface area contributed by atoms with Crippen LogP contribution in [0.25, 0.3) is 33.4 Å². The van der Waals surface area contributed by atoms with Crippen molar-refractivity contribution >= 4 is 22.4 Å². The fourth-order valence-electron chi connectivity index (χ4n) is 4.32. The van der Waals surface area contributed by atoms with Crippen LogP contribution in [0, 0.1) is 11.6 Å². The number of carboxylic acids is 1. The number of aromatic nitrogens is 3. The summed E-state index contributed by atoms with van der Waals surface area (Å²) < 4.78 is 33.8. The first kappa shape index (κ1) is 25.7. The summed E-state index contributed by atoms with van der Waals surface area (Å²) >= 11 is 0. The third kappa shape index (κ3) is 5.52. The number of hydrogen-bond donors (Lipinski definition) is 1. The van der Waals surface area contributed by atoms with E-state index in [0.29, 0.717) is 69.8 Å². The first-order valence-corrected chi connectivity index (χ1v) is 12.3. The maximum atomic E-state index is 13.6. The molecule has 0 spiro atoms. The molecule has 0 saturated heterocycles. The average molecular weight is 528 g/mol. The number of hydrogen-bond acceptors (Lipinski definition) is 5. The monoisotopic (exact) mass is 527 g/mol. The van der Waals surface area contributed by atoms with Crippen LogP contribution < -0.4 is 5.56 Å². The van der Waals surface area contributed by atoms with E-state index in [1.54, 1.807) is 36.4 Å². The number of unbranched alkanes of at least 4 members (excludes halogenated alkanes) is 1. The highest BCUT2D eigenvalue weighted by Gasteiger charge is 2.16. The van der Waals surface area contributed by atoms with Crippen LogP contribution in [0.1, 0.15) is 36.4 Å². The predicted molar refractivity (Wildman–Crippen MR) is 143 cm³/mol. The van der Waals surface area contributed by atoms with Crippen LogP contribution in [-0.2, 0) is 11.2 Å². The van der Waals surface area contributed by atoms with Gasteiger partial charge in [0.25, 0.3) is 5.56 Å². The topological polar surface area (TPSA) is 98.2 Å². The van der Waals surface area contributed by atoms with Gasteiger partial charge in [0, 0.05) is 30.0 Å². The molecule has 0 bridgehead atoms. The number of nitrogens with zero attached hydrogens (tertiary/aromatic N) is 3. The van der Waals surface area contributed by atoms with Gasteiger partial charge in [-0.3, -0.25) is 14.2 Å². The summed E-state index contributed by atoms with van der Waals surface area (Å²) in [4.78, 5) is 29.2. The molecule has 0 aliphatic heterocycles. The maximum absolute atomic E-state index is 13.6. The van der Waals surface area contributed by atoms with Gasteiger partial charge in [-0.1, -0.05) is 29.9 Å². The van der Waals surface area contributed by atoms with Gasteiger partial charge in [0.05, 0.1) is 16.6 Å². The Bertz CT molecular complexity index is 1740. The van der Waals surface area contributed by atoms with Crippen molar-refractivity contribution in [3.8, 4) is 16.9 Å². The van der Waals surface area contributed by atoms with Gasteiger partial charge in [-0.05, 0) is 66.9 Å². The molecule has 0 amide bonds. The summed E-state index contributed by atoms with van der Waals surface area (Å²) in [5.74, 6) is -0.825. The molecule has 0 saturated carbocycles. The molecule has 2 heterocycles. The minimum absolute atomic E-state index is 0.0101. The molecule has 5 aromatic rings. The van der Waals surface area contributed by atoms with Gasteiger partial charge in [-0.15, -0.1) is 0 Å². The molecular weight excluding hydrogens is 504 g/mol. The summed E-state index contributed by atoms with van der Waals surface area (Å²) in [5, 5.41) is 13.5. The zero-order chi connectivity index (χ0) is 27.5. The smallest absolute Gasteiger partial charge is 0.303 e. The molecule has 1 N–H and O–H groups in total. The lowest BCUT2D eigenvalue weighted by Gasteiger charge is -2.14. The third-order valence-corrected chi connectivity index (χ3v) is 6.36. The van der Waals surface area contributed by atoms with Crippen molar-refractivity contribution in [1.29, 1.82) is 0 Å². The quantitative estimate of drug-likeness (QED) is 0.230. The van der Waals surface area contributed by atoms with E-state index in [-0.39, 0.29) is 17.8 Å². The largest absolute Gasteiger partial charge is 0.481 e. The van der Waals surface area contributed by atoms with Crippen molar-refractivity contribution in [1.82, 2.24) is 14.7 Å². The first-order chi connectivity index (χ1) is 18.8. The van der Waals surface area contributed by atoms with Crippen molar-refractivity contribution in [3.05, 3.63) is 119 Å². The Morgan fingerprint density at radius 2 is 1.64 bits per heavy atom. The molecular formula is C30H23F2N3O4. The van der Waals surface area contributed by atoms with Gasteiger partial charge in [-0.25, -0.2) is 13.8 Å². The van der Waals surface area contributed by atoms with Gasteiger partial charge in [-0.2, -0.15) is 0 Å². The molecule has 0 unspecified atom stereocenters. The van der Waals surface area contributed by atoms with Crippen molar-refractivity contribution in [2.45, 2.75) is 25.7 Å². The summed E-state index contributed by atoms with van der Waals surface area (Å²) in [6, 6.07) is 18.2. The van der Waals surface area contributed by atoms with Gasteiger partial charge < -0.3 is 9.63 Å². The molecule has 0 aliphatic carbocycles. The number of fused-ring (bicyclic) bond motifs is 1. The van der Waals surface area contributed by atoms with E-state index < -0.39 is 11.8 Å². The number of carbonyl (C=O) groups is 1. The second kappa shape index (κ2) is 10.8. The van der Waals surface area contributed by atoms with Crippen molar-refractivity contribution < 1.29 is 23.2 Å². The Balaban J connectivity index is 1.52. The van der Waals surface area contributed by atoms with E-state index in [1.165, 1.54) is 41.0 Å². The van der Waals surface area contributed by atoms with Crippen LogP contribution in [0.5, 0.6) is 0 Å². The molecule has 196 valence electrons. The zero-order valence-electron chi connectivity index (χ0n) is 20.7. The molecule has 5 rings (SSSR count). The van der Waals surface area contributed by atoms with Crippen LogP contribution in [0.4, 0.5) is 8.78 Å². The lowest BCUT2D eigenvalue weighted by molar-refractivity contribution is -0.137. The fraction of sp³-hybridized carbons (Fsp3) is 0.133. The summed E-state index contributed by atoms with van der Waals surface area (Å²) in [6.45, 7) is 4.02. The maximum Gasteiger partial charge on any atom is 0.303 e. The second-order valence-electron chi connectivity index (χ2n) is 9.04. The number of aliphatic carboxylic acids is 1. The highest BCUT2D eigenvalue weighted by Crippen LogP contribution is 2.28. The molecule has 0 atom stereocenters. The lowest BCUT2D eigenvalue weighted by atomic mass is 10.0. The number of halogens is 2. The van der Waals surface area contributed by atoms with E-state index in [0.717, 1.165) is 0 Å². The SMILES string of the molecule is C=C(c1ccc(F)cc1)c1cc(-c2ccc3c(=O)n(-c4ccc(F)cc4)c(CCCCC(=O)O)nc3c2)no1. The Labute approximate surface area is 221 Å². The highest BCUT2D eigenvalue weighted by molar-refractivity contribution is 5.84. The lowest BCUT2D eigenvalue weighted by Crippen LogP contribution is -2.24. The zero-order valence-corrected chi connectivity index (χ0v) is 20.7. The number of rotatable bonds is 9. The van der Waals surface area contributed by atoms with Crippen molar-refractivity contribution in [2.24, 2.45) is 0 Å². The molecule has 9 heteroatoms. The predicted octanol–water partition coefficient (Wildman–Crippen LogP) is 6.18. The molecule has 0 radical (unpaired) electrons. The first-order valence-electron chi connectivity index (χ1n) is 12.3. The summed E-state index contributed by atoms with van der Waals surface area (Å²) in [7, 11) is 0. The summed E-state index contributed by atoms with van der Waals surface area (Å²) in [6.07, 6.45) is 1.29. The van der Waals surface area contributed by atoms with E-state index in [9.17, 15) is 18.4 Å². The van der Waals surface area contributed by atoms with Crippen LogP contribution in [-0.4, -0.2) is 25.8 Å². The van der Waals surface area contributed by atoms with Crippen LogP contribution >= 0.6 is 0 Å². The molecule has 2 aromatic heterocycles. The molecule has 0 aliphatic rings. The van der Waals surface area contributed by atoms with Crippen molar-refractivity contribution in [3.63, 3.8) is 0 Å². The third-order valence-electron chi connectivity index (χ3n) is 6.36. The van der Waals surface area contributed by atoms with E-state index in [2.05, 4.69) is 11.7 Å². The van der Waals surface area contributed by atoms with E-state index >= 15 is 0 Å². The van der Waals surface area contributed by atoms with Crippen molar-refractivity contribution in [2.75, 3.05) is 0 Å². The molecule has 3 aromatic carbocycles. The van der Waals surface area contributed by atoms with E-state index in [1.807, 2.05) is 0 Å². The minimum atomic E-state index is -0.892. The van der Waals surface area contributed by atoms with Gasteiger partial charge in [0.15, 0.2) is 5.76 Å². The van der Waals surface area contributed by atoms with Gasteiger partial charge >= 0.3 is 5.97 Å². The Morgan fingerprint density at radius 1 is 0.949 bits per heavy atom. The van der Waals surface area contributed by atoms with Gasteiger partial charge in [0.1, 0.15) is 23.2 Å². The molecule has 39 heavy (non-hydrogen) atoms. The normalized spacial score (nSPS) is 11.1. The fourth-order valence-corrected chi connectivity index (χ4v) is 4.32. The number of carboxylic acid groups (broad SMARTS) is 1. The van der Waals surface area contributed by atoms with Gasteiger partial charge in [0.2, 0.25) is 0 Å². The number of benzene rings is 3. The Morgan fingerprint density at radius 3 is 2.33 bits per heavy atom. The van der Waals surface area contributed by atoms with Crippen LogP contribution in [0.2, 0.25) is 0 Å². The Hall–Kier alpha value is -4.92. The standard InChI is InChI=1S/C30H23F2N3O4/c1-18(19-6-9-21(31)10-7-19)27-17-25(34-39-27)20-8-15-24-26(16-20)33-28(4-2-3-5-29(36)37)35(30(24)38)23-13-11-22(32)12-14-23/h6-17H,1-5H2,(H,36,37). The van der Waals surface area contributed by atoms with Crippen LogP contribution in [0.3, 0.4) is 0 Å². The highest BCUT2D eigenvalue weighted by atomic mass is 19.1. The summed E-state index contributed by atoms with van der Waals surface area (Å²) in [5.41, 5.74) is 2.97. The average Bonchev–Trinajstić information content (AvgIpc) is 3.42. The van der Waals surface area contributed by atoms with E-state index in [4.69, 9.17) is 14.6 Å².